The van der Waals surface area contributed by atoms with Crippen molar-refractivity contribution in [2.45, 2.75) is 36.6 Å². The van der Waals surface area contributed by atoms with Crippen molar-refractivity contribution in [1.82, 2.24) is 4.98 Å². The van der Waals surface area contributed by atoms with Crippen molar-refractivity contribution in [3.05, 3.63) is 58.7 Å². The Morgan fingerprint density at radius 1 is 1.25 bits per heavy atom. The third kappa shape index (κ3) is 3.75. The van der Waals surface area contributed by atoms with E-state index in [1.165, 1.54) is 11.1 Å². The van der Waals surface area contributed by atoms with Gasteiger partial charge in [-0.2, -0.15) is 0 Å². The molecule has 1 heterocycles. The molecule has 0 fully saturated rings. The molecule has 0 amide bonds. The fourth-order valence-electron chi connectivity index (χ4n) is 1.95. The molecule has 0 spiro atoms. The Hall–Kier alpha value is -1.03. The molecule has 0 aliphatic rings. The first-order valence-electron chi connectivity index (χ1n) is 6.71. The minimum atomic E-state index is 0.0702. The molecule has 2 unspecified atom stereocenters. The highest BCUT2D eigenvalue weighted by atomic mass is 35.5. The highest BCUT2D eigenvalue weighted by Gasteiger charge is 2.21. The summed E-state index contributed by atoms with van der Waals surface area (Å²) in [6.07, 6.45) is 2.67. The molecule has 0 bridgehead atoms. The SMILES string of the molecule is CCC(N)C(Sc1ncccc1Cl)c1ccc(C)cc1. The molecular weight excluding hydrogens is 288 g/mol. The minimum absolute atomic E-state index is 0.0702. The van der Waals surface area contributed by atoms with Gasteiger partial charge < -0.3 is 5.73 Å². The molecule has 2 nitrogen and oxygen atoms in total. The molecule has 20 heavy (non-hydrogen) atoms. The van der Waals surface area contributed by atoms with E-state index in [9.17, 15) is 0 Å². The van der Waals surface area contributed by atoms with Crippen molar-refractivity contribution in [2.24, 2.45) is 5.73 Å². The molecule has 0 saturated carbocycles. The van der Waals surface area contributed by atoms with E-state index in [1.807, 2.05) is 12.1 Å². The van der Waals surface area contributed by atoms with Gasteiger partial charge in [-0.1, -0.05) is 60.1 Å². The summed E-state index contributed by atoms with van der Waals surface area (Å²) in [6.45, 7) is 4.19. The van der Waals surface area contributed by atoms with Crippen molar-refractivity contribution in [2.75, 3.05) is 0 Å². The van der Waals surface area contributed by atoms with Crippen molar-refractivity contribution in [1.29, 1.82) is 0 Å². The number of halogens is 1. The number of pyridine rings is 1. The van der Waals surface area contributed by atoms with E-state index >= 15 is 0 Å². The van der Waals surface area contributed by atoms with E-state index in [-0.39, 0.29) is 11.3 Å². The summed E-state index contributed by atoms with van der Waals surface area (Å²) in [7, 11) is 0. The lowest BCUT2D eigenvalue weighted by atomic mass is 10.0. The first kappa shape index (κ1) is 15.4. The van der Waals surface area contributed by atoms with Gasteiger partial charge in [0.25, 0.3) is 0 Å². The van der Waals surface area contributed by atoms with Gasteiger partial charge in [0.2, 0.25) is 0 Å². The maximum atomic E-state index is 6.29. The molecule has 0 aliphatic heterocycles. The zero-order chi connectivity index (χ0) is 14.5. The monoisotopic (exact) mass is 306 g/mol. The van der Waals surface area contributed by atoms with Gasteiger partial charge in [0.1, 0.15) is 5.03 Å². The molecule has 2 N–H and O–H groups in total. The van der Waals surface area contributed by atoms with Gasteiger partial charge in [-0.3, -0.25) is 0 Å². The van der Waals surface area contributed by atoms with E-state index in [0.29, 0.717) is 5.02 Å². The van der Waals surface area contributed by atoms with E-state index in [2.05, 4.69) is 43.1 Å². The molecule has 0 radical (unpaired) electrons. The van der Waals surface area contributed by atoms with E-state index in [0.717, 1.165) is 11.4 Å². The summed E-state index contributed by atoms with van der Waals surface area (Å²) in [5.41, 5.74) is 8.76. The second-order valence-electron chi connectivity index (χ2n) is 4.81. The summed E-state index contributed by atoms with van der Waals surface area (Å²) in [4.78, 5) is 4.35. The molecule has 4 heteroatoms. The van der Waals surface area contributed by atoms with Crippen molar-refractivity contribution in [3.8, 4) is 0 Å². The second-order valence-corrected chi connectivity index (χ2v) is 6.35. The Morgan fingerprint density at radius 3 is 2.55 bits per heavy atom. The normalized spacial score (nSPS) is 14.0. The average molecular weight is 307 g/mol. The van der Waals surface area contributed by atoms with E-state index in [1.54, 1.807) is 18.0 Å². The maximum absolute atomic E-state index is 6.29. The van der Waals surface area contributed by atoms with Gasteiger partial charge in [0.05, 0.1) is 10.3 Å². The molecule has 106 valence electrons. The molecule has 2 rings (SSSR count). The van der Waals surface area contributed by atoms with Crippen LogP contribution in [0.15, 0.2) is 47.6 Å². The third-order valence-electron chi connectivity index (χ3n) is 3.23. The van der Waals surface area contributed by atoms with Gasteiger partial charge in [0.15, 0.2) is 0 Å². The van der Waals surface area contributed by atoms with Gasteiger partial charge in [-0.25, -0.2) is 4.98 Å². The van der Waals surface area contributed by atoms with Crippen LogP contribution >= 0.6 is 23.4 Å². The molecule has 0 saturated heterocycles. The lowest BCUT2D eigenvalue weighted by Gasteiger charge is -2.23. The van der Waals surface area contributed by atoms with Crippen LogP contribution in [0.1, 0.15) is 29.7 Å². The second kappa shape index (κ2) is 7.11. The fraction of sp³-hybridized carbons (Fsp3) is 0.312. The quantitative estimate of drug-likeness (QED) is 0.820. The number of rotatable bonds is 5. The molecule has 2 atom stereocenters. The summed E-state index contributed by atoms with van der Waals surface area (Å²) >= 11 is 7.84. The number of hydrogen-bond acceptors (Lipinski definition) is 3. The van der Waals surface area contributed by atoms with Gasteiger partial charge >= 0.3 is 0 Å². The molecule has 1 aromatic heterocycles. The van der Waals surface area contributed by atoms with E-state index in [4.69, 9.17) is 17.3 Å². The predicted octanol–water partition coefficient (Wildman–Crippen LogP) is 4.61. The zero-order valence-electron chi connectivity index (χ0n) is 11.7. The minimum Gasteiger partial charge on any atom is -0.326 e. The average Bonchev–Trinajstić information content (AvgIpc) is 2.47. The van der Waals surface area contributed by atoms with Crippen molar-refractivity contribution < 1.29 is 0 Å². The van der Waals surface area contributed by atoms with Crippen LogP contribution in [0, 0.1) is 6.92 Å². The smallest absolute Gasteiger partial charge is 0.115 e. The van der Waals surface area contributed by atoms with Crippen LogP contribution < -0.4 is 5.73 Å². The first-order chi connectivity index (χ1) is 9.61. The van der Waals surface area contributed by atoms with Gasteiger partial charge in [0, 0.05) is 12.2 Å². The number of nitrogens with two attached hydrogens (primary N) is 1. The van der Waals surface area contributed by atoms with Crippen LogP contribution in [-0.4, -0.2) is 11.0 Å². The third-order valence-corrected chi connectivity index (χ3v) is 5.07. The number of benzene rings is 1. The van der Waals surface area contributed by atoms with Crippen molar-refractivity contribution in [3.63, 3.8) is 0 Å². The molecular formula is C16H19ClN2S. The summed E-state index contributed by atoms with van der Waals surface area (Å²) in [6, 6.07) is 12.3. The first-order valence-corrected chi connectivity index (χ1v) is 7.97. The Bertz CT molecular complexity index is 557. The Balaban J connectivity index is 2.29. The highest BCUT2D eigenvalue weighted by Crippen LogP contribution is 2.39. The van der Waals surface area contributed by atoms with Gasteiger partial charge in [-0.15, -0.1) is 0 Å². The number of hydrogen-bond donors (Lipinski definition) is 1. The topological polar surface area (TPSA) is 38.9 Å². The largest absolute Gasteiger partial charge is 0.326 e. The molecule has 1 aromatic carbocycles. The number of thioether (sulfide) groups is 1. The number of nitrogens with zero attached hydrogens (tertiary/aromatic N) is 1. The zero-order valence-corrected chi connectivity index (χ0v) is 13.3. The van der Waals surface area contributed by atoms with Crippen LogP contribution in [-0.2, 0) is 0 Å². The van der Waals surface area contributed by atoms with Crippen LogP contribution in [0.25, 0.3) is 0 Å². The van der Waals surface area contributed by atoms with Crippen molar-refractivity contribution >= 4 is 23.4 Å². The van der Waals surface area contributed by atoms with Crippen LogP contribution in [0.2, 0.25) is 5.02 Å². The Morgan fingerprint density at radius 2 is 1.95 bits per heavy atom. The number of aryl methyl sites for hydroxylation is 1. The maximum Gasteiger partial charge on any atom is 0.115 e. The fourth-order valence-corrected chi connectivity index (χ4v) is 3.41. The molecule has 2 aromatic rings. The summed E-state index contributed by atoms with van der Waals surface area (Å²) in [5, 5.41) is 1.68. The van der Waals surface area contributed by atoms with Crippen LogP contribution in [0.4, 0.5) is 0 Å². The Labute approximate surface area is 129 Å². The van der Waals surface area contributed by atoms with Crippen LogP contribution in [0.3, 0.4) is 0 Å². The van der Waals surface area contributed by atoms with E-state index < -0.39 is 0 Å². The predicted molar refractivity (Wildman–Crippen MR) is 87.3 cm³/mol. The summed E-state index contributed by atoms with van der Waals surface area (Å²) < 4.78 is 0. The molecule has 0 aliphatic carbocycles. The standard InChI is InChI=1S/C16H19ClN2S/c1-3-14(18)15(12-8-6-11(2)7-9-12)20-16-13(17)5-4-10-19-16/h4-10,14-15H,3,18H2,1-2H3. The lowest BCUT2D eigenvalue weighted by Crippen LogP contribution is -2.25. The highest BCUT2D eigenvalue weighted by molar-refractivity contribution is 7.99. The lowest BCUT2D eigenvalue weighted by molar-refractivity contribution is 0.633. The number of aromatic nitrogens is 1. The Kier molecular flexibility index (Phi) is 5.46. The summed E-state index contributed by atoms with van der Waals surface area (Å²) in [5.74, 6) is 0. The van der Waals surface area contributed by atoms with Crippen LogP contribution in [0.5, 0.6) is 0 Å². The van der Waals surface area contributed by atoms with Gasteiger partial charge in [-0.05, 0) is 31.0 Å².